The molecule has 1 aliphatic rings. The summed E-state index contributed by atoms with van der Waals surface area (Å²) in [7, 11) is 0. The fraction of sp³-hybridized carbons (Fsp3) is 0.273. The molecule has 3 heterocycles. The molecule has 0 fully saturated rings. The van der Waals surface area contributed by atoms with E-state index < -0.39 is 5.97 Å². The van der Waals surface area contributed by atoms with Gasteiger partial charge in [0.2, 0.25) is 0 Å². The molecule has 0 bridgehead atoms. The molecule has 0 aliphatic carbocycles. The Morgan fingerprint density at radius 3 is 2.84 bits per heavy atom. The first kappa shape index (κ1) is 20.4. The zero-order valence-corrected chi connectivity index (χ0v) is 16.8. The third-order valence-electron chi connectivity index (χ3n) is 5.07. The lowest BCUT2D eigenvalue weighted by Gasteiger charge is -2.15. The number of aromatic amines is 1. The van der Waals surface area contributed by atoms with Crippen LogP contribution in [0.3, 0.4) is 0 Å². The van der Waals surface area contributed by atoms with Crippen molar-refractivity contribution in [3.63, 3.8) is 0 Å². The lowest BCUT2D eigenvalue weighted by atomic mass is 9.89. The summed E-state index contributed by atoms with van der Waals surface area (Å²) in [5, 5.41) is 16.3. The number of nitrogens with zero attached hydrogens (tertiary/aromatic N) is 2. The number of ether oxygens (including phenoxy) is 1. The molecule has 1 amide bonds. The van der Waals surface area contributed by atoms with Gasteiger partial charge in [0.05, 0.1) is 19.6 Å². The zero-order valence-electron chi connectivity index (χ0n) is 16.8. The first-order chi connectivity index (χ1) is 15.1. The Morgan fingerprint density at radius 2 is 2.10 bits per heavy atom. The number of aliphatic imine (C=N–C) groups is 1. The van der Waals surface area contributed by atoms with E-state index in [1.807, 2.05) is 36.5 Å². The van der Waals surface area contributed by atoms with Crippen molar-refractivity contribution in [1.29, 1.82) is 0 Å². The standard InChI is InChI=1S/C22H23N5O4/c28-20-13-26-22(27-20)24-6-1-9-31-15-2-3-16-18(12-25-19(16)10-15)17(11-21(29)30)14-4-7-23-8-5-14/h2-5,7-8,10,12,17,25H,1,6,9,11,13H2,(H,29,30)(H2,24,26,27,28). The summed E-state index contributed by atoms with van der Waals surface area (Å²) < 4.78 is 5.83. The van der Waals surface area contributed by atoms with Crippen LogP contribution in [-0.2, 0) is 9.59 Å². The molecule has 1 aromatic carbocycles. The number of aromatic nitrogens is 2. The second kappa shape index (κ2) is 9.29. The van der Waals surface area contributed by atoms with Crippen molar-refractivity contribution in [2.45, 2.75) is 18.8 Å². The molecule has 160 valence electrons. The average molecular weight is 421 g/mol. The molecule has 0 spiro atoms. The number of fused-ring (bicyclic) bond motifs is 1. The summed E-state index contributed by atoms with van der Waals surface area (Å²) >= 11 is 0. The maximum absolute atomic E-state index is 11.5. The molecule has 4 rings (SSSR count). The van der Waals surface area contributed by atoms with Crippen LogP contribution in [0.25, 0.3) is 10.9 Å². The SMILES string of the molecule is O=C(O)CC(c1ccncc1)c1c[nH]c2cc(OCCCNC3=NC(=O)CN3)ccc12. The van der Waals surface area contributed by atoms with Crippen molar-refractivity contribution in [3.8, 4) is 5.75 Å². The van der Waals surface area contributed by atoms with Crippen LogP contribution in [0.1, 0.15) is 29.9 Å². The molecule has 0 saturated heterocycles. The number of nitrogens with one attached hydrogen (secondary N) is 3. The van der Waals surface area contributed by atoms with Gasteiger partial charge in [-0.05, 0) is 41.8 Å². The Morgan fingerprint density at radius 1 is 1.26 bits per heavy atom. The second-order valence-electron chi connectivity index (χ2n) is 7.22. The highest BCUT2D eigenvalue weighted by Gasteiger charge is 2.21. The number of carbonyl (C=O) groups is 2. The van der Waals surface area contributed by atoms with Crippen LogP contribution in [0.15, 0.2) is 53.9 Å². The summed E-state index contributed by atoms with van der Waals surface area (Å²) in [5.74, 6) is -0.0626. The lowest BCUT2D eigenvalue weighted by molar-refractivity contribution is -0.137. The van der Waals surface area contributed by atoms with Crippen LogP contribution >= 0.6 is 0 Å². The van der Waals surface area contributed by atoms with Gasteiger partial charge >= 0.3 is 5.97 Å². The molecule has 1 aliphatic heterocycles. The van der Waals surface area contributed by atoms with Gasteiger partial charge in [0.15, 0.2) is 5.96 Å². The Hall–Kier alpha value is -3.88. The van der Waals surface area contributed by atoms with Crippen molar-refractivity contribution in [2.75, 3.05) is 19.7 Å². The fourth-order valence-electron chi connectivity index (χ4n) is 3.62. The third kappa shape index (κ3) is 5.00. The van der Waals surface area contributed by atoms with Crippen LogP contribution in [0.5, 0.6) is 5.75 Å². The largest absolute Gasteiger partial charge is 0.493 e. The monoisotopic (exact) mass is 421 g/mol. The summed E-state index contributed by atoms with van der Waals surface area (Å²) in [6, 6.07) is 9.45. The number of H-pyrrole nitrogens is 1. The number of carboxylic acids is 1. The highest BCUT2D eigenvalue weighted by molar-refractivity contribution is 6.00. The van der Waals surface area contributed by atoms with Gasteiger partial charge in [-0.25, -0.2) is 0 Å². The number of amides is 1. The molecule has 31 heavy (non-hydrogen) atoms. The van der Waals surface area contributed by atoms with E-state index in [0.29, 0.717) is 19.1 Å². The van der Waals surface area contributed by atoms with Gasteiger partial charge in [0.1, 0.15) is 5.75 Å². The topological polar surface area (TPSA) is 129 Å². The van der Waals surface area contributed by atoms with Crippen molar-refractivity contribution in [3.05, 3.63) is 60.0 Å². The molecule has 9 nitrogen and oxygen atoms in total. The van der Waals surface area contributed by atoms with Gasteiger partial charge in [-0.2, -0.15) is 4.99 Å². The number of rotatable bonds is 9. The number of guanidine groups is 1. The molecule has 1 atom stereocenters. The lowest BCUT2D eigenvalue weighted by Crippen LogP contribution is -2.34. The minimum Gasteiger partial charge on any atom is -0.493 e. The van der Waals surface area contributed by atoms with Gasteiger partial charge in [-0.1, -0.05) is 0 Å². The van der Waals surface area contributed by atoms with Crippen LogP contribution in [0.2, 0.25) is 0 Å². The van der Waals surface area contributed by atoms with Gasteiger partial charge in [0.25, 0.3) is 5.91 Å². The predicted molar refractivity (Wildman–Crippen MR) is 115 cm³/mol. The van der Waals surface area contributed by atoms with E-state index >= 15 is 0 Å². The van der Waals surface area contributed by atoms with Gasteiger partial charge in [-0.3, -0.25) is 14.6 Å². The average Bonchev–Trinajstić information content (AvgIpc) is 3.38. The molecular formula is C22H23N5O4. The molecule has 3 aromatic rings. The number of aliphatic carboxylic acids is 1. The van der Waals surface area contributed by atoms with Gasteiger partial charge in [0, 0.05) is 48.0 Å². The predicted octanol–water partition coefficient (Wildman–Crippen LogP) is 2.01. The van der Waals surface area contributed by atoms with E-state index in [9.17, 15) is 14.7 Å². The molecule has 2 aromatic heterocycles. The number of carbonyl (C=O) groups excluding carboxylic acids is 1. The highest BCUT2D eigenvalue weighted by Crippen LogP contribution is 2.34. The summed E-state index contributed by atoms with van der Waals surface area (Å²) in [6.45, 7) is 1.38. The molecule has 4 N–H and O–H groups in total. The summed E-state index contributed by atoms with van der Waals surface area (Å²) in [6.07, 6.45) is 5.95. The minimum absolute atomic E-state index is 0.00599. The quantitative estimate of drug-likeness (QED) is 0.389. The summed E-state index contributed by atoms with van der Waals surface area (Å²) in [5.41, 5.74) is 2.73. The number of hydrogen-bond donors (Lipinski definition) is 4. The molecule has 9 heteroatoms. The van der Waals surface area contributed by atoms with E-state index in [0.717, 1.165) is 34.2 Å². The maximum atomic E-state index is 11.5. The van der Waals surface area contributed by atoms with Crippen LogP contribution < -0.4 is 15.4 Å². The number of carboxylic acid groups (broad SMARTS) is 1. The molecular weight excluding hydrogens is 398 g/mol. The van der Waals surface area contributed by atoms with Crippen molar-refractivity contribution in [1.82, 2.24) is 20.6 Å². The molecule has 1 unspecified atom stereocenters. The Kier molecular flexibility index (Phi) is 6.11. The number of hydrogen-bond acceptors (Lipinski definition) is 6. The number of pyridine rings is 1. The normalized spacial score (nSPS) is 14.2. The first-order valence-corrected chi connectivity index (χ1v) is 10.0. The Bertz CT molecular complexity index is 1110. The van der Waals surface area contributed by atoms with Crippen LogP contribution in [0.4, 0.5) is 0 Å². The van der Waals surface area contributed by atoms with E-state index in [1.54, 1.807) is 12.4 Å². The molecule has 0 radical (unpaired) electrons. The van der Waals surface area contributed by atoms with Crippen molar-refractivity contribution in [2.24, 2.45) is 4.99 Å². The van der Waals surface area contributed by atoms with Crippen LogP contribution in [0, 0.1) is 0 Å². The Balaban J connectivity index is 1.40. The van der Waals surface area contributed by atoms with Crippen LogP contribution in [-0.4, -0.2) is 52.6 Å². The second-order valence-corrected chi connectivity index (χ2v) is 7.22. The van der Waals surface area contributed by atoms with Gasteiger partial charge in [-0.15, -0.1) is 0 Å². The van der Waals surface area contributed by atoms with E-state index in [1.165, 1.54) is 0 Å². The summed E-state index contributed by atoms with van der Waals surface area (Å²) in [4.78, 5) is 33.6. The van der Waals surface area contributed by atoms with E-state index in [4.69, 9.17) is 4.74 Å². The third-order valence-corrected chi connectivity index (χ3v) is 5.07. The van der Waals surface area contributed by atoms with E-state index in [2.05, 4.69) is 25.6 Å². The number of benzene rings is 1. The van der Waals surface area contributed by atoms with Crippen molar-refractivity contribution >= 4 is 28.7 Å². The smallest absolute Gasteiger partial charge is 0.304 e. The minimum atomic E-state index is -0.854. The molecule has 0 saturated carbocycles. The first-order valence-electron chi connectivity index (χ1n) is 10.0. The van der Waals surface area contributed by atoms with Gasteiger partial charge < -0.3 is 25.5 Å². The highest BCUT2D eigenvalue weighted by atomic mass is 16.5. The fourth-order valence-corrected chi connectivity index (χ4v) is 3.62. The Labute approximate surface area is 178 Å². The maximum Gasteiger partial charge on any atom is 0.304 e. The van der Waals surface area contributed by atoms with Crippen molar-refractivity contribution < 1.29 is 19.4 Å². The van der Waals surface area contributed by atoms with E-state index in [-0.39, 0.29) is 24.8 Å². The zero-order chi connectivity index (χ0) is 21.6.